The number of carbonyl (C=O) groups is 1. The Morgan fingerprint density at radius 2 is 2.12 bits per heavy atom. The zero-order valence-corrected chi connectivity index (χ0v) is 13.5. The maximum Gasteiger partial charge on any atom is 0.405 e. The molecule has 2 N–H and O–H groups in total. The van der Waals surface area contributed by atoms with E-state index >= 15 is 0 Å². The largest absolute Gasteiger partial charge is 0.465 e. The molecule has 1 atom stereocenters. The number of nitrogens with zero attached hydrogens (tertiary/aromatic N) is 2. The lowest BCUT2D eigenvalue weighted by atomic mass is 10.0. The first-order valence-corrected chi connectivity index (χ1v) is 7.42. The van der Waals surface area contributed by atoms with Crippen LogP contribution in [0.2, 0.25) is 0 Å². The zero-order chi connectivity index (χ0) is 17.4. The van der Waals surface area contributed by atoms with Gasteiger partial charge < -0.3 is 14.8 Å². The Balaban J connectivity index is 2.25. The average molecular weight is 327 g/mol. The molecule has 0 aliphatic rings. The van der Waals surface area contributed by atoms with E-state index in [-0.39, 0.29) is 5.43 Å². The summed E-state index contributed by atoms with van der Waals surface area (Å²) in [5.41, 5.74) is 2.37. The smallest absolute Gasteiger partial charge is 0.405 e. The monoisotopic (exact) mass is 327 g/mol. The third-order valence-electron chi connectivity index (χ3n) is 3.80. The molecule has 0 saturated carbocycles. The Morgan fingerprint density at radius 1 is 1.38 bits per heavy atom. The lowest BCUT2D eigenvalue weighted by Gasteiger charge is -2.15. The van der Waals surface area contributed by atoms with Gasteiger partial charge in [0, 0.05) is 24.9 Å². The molecule has 0 radical (unpaired) electrons. The lowest BCUT2D eigenvalue weighted by molar-refractivity contribution is 0.191. The topological polar surface area (TPSA) is 97.4 Å². The van der Waals surface area contributed by atoms with Gasteiger partial charge in [0.15, 0.2) is 5.43 Å². The van der Waals surface area contributed by atoms with E-state index in [1.165, 1.54) is 6.07 Å². The summed E-state index contributed by atoms with van der Waals surface area (Å²) < 4.78 is 7.56. The molecule has 2 aromatic heterocycles. The van der Waals surface area contributed by atoms with Gasteiger partial charge in [0.05, 0.1) is 23.2 Å². The number of aryl methyl sites for hydroxylation is 2. The van der Waals surface area contributed by atoms with Crippen LogP contribution in [0.25, 0.3) is 22.3 Å². The molecule has 1 amide bonds. The van der Waals surface area contributed by atoms with Gasteiger partial charge in [0.25, 0.3) is 0 Å². The van der Waals surface area contributed by atoms with Crippen molar-refractivity contribution in [1.82, 2.24) is 15.1 Å². The number of hydrogen-bond acceptors (Lipinski definition) is 4. The summed E-state index contributed by atoms with van der Waals surface area (Å²) in [6.45, 7) is 3.56. The lowest BCUT2D eigenvalue weighted by Crippen LogP contribution is -2.25. The Bertz CT molecular complexity index is 987. The van der Waals surface area contributed by atoms with E-state index in [2.05, 4.69) is 10.4 Å². The Hall–Kier alpha value is -3.09. The molecule has 124 valence electrons. The first-order valence-electron chi connectivity index (χ1n) is 7.42. The first kappa shape index (κ1) is 15.8. The van der Waals surface area contributed by atoms with Crippen molar-refractivity contribution in [3.05, 3.63) is 51.9 Å². The summed E-state index contributed by atoms with van der Waals surface area (Å²) in [5.74, 6) is 0.397. The highest BCUT2D eigenvalue weighted by atomic mass is 16.4. The van der Waals surface area contributed by atoms with Gasteiger partial charge in [-0.25, -0.2) is 4.79 Å². The third kappa shape index (κ3) is 2.88. The van der Waals surface area contributed by atoms with Gasteiger partial charge in [0.1, 0.15) is 11.3 Å². The molecule has 24 heavy (non-hydrogen) atoms. The van der Waals surface area contributed by atoms with Crippen LogP contribution >= 0.6 is 0 Å². The van der Waals surface area contributed by atoms with E-state index in [9.17, 15) is 9.59 Å². The normalized spacial score (nSPS) is 12.3. The molecular weight excluding hydrogens is 310 g/mol. The van der Waals surface area contributed by atoms with Crippen LogP contribution in [-0.2, 0) is 7.05 Å². The third-order valence-corrected chi connectivity index (χ3v) is 3.80. The number of aromatic nitrogens is 2. The summed E-state index contributed by atoms with van der Waals surface area (Å²) in [5, 5.41) is 15.9. The molecule has 0 fully saturated rings. The van der Waals surface area contributed by atoms with Crippen LogP contribution in [0, 0.1) is 6.92 Å². The van der Waals surface area contributed by atoms with E-state index in [0.717, 1.165) is 5.56 Å². The second kappa shape index (κ2) is 5.84. The molecular formula is C17H17N3O4. The number of fused-ring (bicyclic) bond motifs is 1. The molecule has 0 saturated heterocycles. The van der Waals surface area contributed by atoms with Gasteiger partial charge in [0.2, 0.25) is 0 Å². The average Bonchev–Trinajstić information content (AvgIpc) is 2.93. The minimum atomic E-state index is -1.14. The van der Waals surface area contributed by atoms with Crippen molar-refractivity contribution < 1.29 is 14.3 Å². The molecule has 1 unspecified atom stereocenters. The second-order valence-electron chi connectivity index (χ2n) is 5.78. The quantitative estimate of drug-likeness (QED) is 0.771. The minimum absolute atomic E-state index is 0.178. The van der Waals surface area contributed by atoms with Gasteiger partial charge >= 0.3 is 6.09 Å². The van der Waals surface area contributed by atoms with Crippen LogP contribution in [0.15, 0.2) is 39.8 Å². The molecule has 7 heteroatoms. The van der Waals surface area contributed by atoms with E-state index in [4.69, 9.17) is 9.52 Å². The van der Waals surface area contributed by atoms with Crippen LogP contribution < -0.4 is 10.7 Å². The van der Waals surface area contributed by atoms with Crippen LogP contribution in [0.5, 0.6) is 0 Å². The highest BCUT2D eigenvalue weighted by Crippen LogP contribution is 2.28. The molecule has 0 aliphatic heterocycles. The van der Waals surface area contributed by atoms with Crippen molar-refractivity contribution in [3.8, 4) is 11.3 Å². The second-order valence-corrected chi connectivity index (χ2v) is 5.78. The molecule has 2 heterocycles. The summed E-state index contributed by atoms with van der Waals surface area (Å²) in [6.07, 6.45) is 2.22. The van der Waals surface area contributed by atoms with Crippen molar-refractivity contribution in [2.75, 3.05) is 0 Å². The van der Waals surface area contributed by atoms with Crippen molar-refractivity contribution in [2.24, 2.45) is 7.05 Å². The predicted octanol–water partition coefficient (Wildman–Crippen LogP) is 2.83. The highest BCUT2D eigenvalue weighted by molar-refractivity contribution is 5.83. The van der Waals surface area contributed by atoms with Crippen LogP contribution in [0.1, 0.15) is 24.1 Å². The minimum Gasteiger partial charge on any atom is -0.465 e. The summed E-state index contributed by atoms with van der Waals surface area (Å²) >= 11 is 0. The maximum atomic E-state index is 12.5. The number of hydrogen-bond donors (Lipinski definition) is 2. The summed E-state index contributed by atoms with van der Waals surface area (Å²) in [6, 6.07) is 4.47. The molecule has 0 spiro atoms. The fourth-order valence-corrected chi connectivity index (χ4v) is 2.71. The van der Waals surface area contributed by atoms with Crippen LogP contribution in [0.4, 0.5) is 4.79 Å². The molecule has 3 rings (SSSR count). The summed E-state index contributed by atoms with van der Waals surface area (Å²) in [4.78, 5) is 23.5. The Morgan fingerprint density at radius 3 is 2.75 bits per heavy atom. The summed E-state index contributed by atoms with van der Waals surface area (Å²) in [7, 11) is 1.77. The van der Waals surface area contributed by atoms with E-state index in [1.54, 1.807) is 37.1 Å². The molecule has 7 nitrogen and oxygen atoms in total. The Labute approximate surface area is 137 Å². The van der Waals surface area contributed by atoms with Crippen LogP contribution in [0.3, 0.4) is 0 Å². The van der Waals surface area contributed by atoms with Crippen molar-refractivity contribution in [1.29, 1.82) is 0 Å². The molecule has 3 aromatic rings. The number of benzene rings is 1. The Kier molecular flexibility index (Phi) is 3.84. The molecule has 0 bridgehead atoms. The van der Waals surface area contributed by atoms with Crippen molar-refractivity contribution >= 4 is 17.1 Å². The number of nitrogens with one attached hydrogen (secondary N) is 1. The van der Waals surface area contributed by atoms with Gasteiger partial charge in [-0.2, -0.15) is 5.10 Å². The SMILES string of the molecule is Cc1cc(C(C)NC(=O)O)c2oc(-c3cnn(C)c3)cc(=O)c2c1. The fourth-order valence-electron chi connectivity index (χ4n) is 2.71. The fraction of sp³-hybridized carbons (Fsp3) is 0.235. The van der Waals surface area contributed by atoms with Crippen molar-refractivity contribution in [3.63, 3.8) is 0 Å². The molecule has 1 aromatic carbocycles. The number of amides is 1. The van der Waals surface area contributed by atoms with Gasteiger partial charge in [-0.15, -0.1) is 0 Å². The van der Waals surface area contributed by atoms with E-state index in [1.807, 2.05) is 13.0 Å². The standard InChI is InChI=1S/C17H17N3O4/c1-9-4-12(10(2)19-17(22)23)16-13(5-9)14(21)6-15(24-16)11-7-18-20(3)8-11/h4-8,10,19H,1-3H3,(H,22,23). The van der Waals surface area contributed by atoms with Gasteiger partial charge in [-0.1, -0.05) is 6.07 Å². The van der Waals surface area contributed by atoms with Gasteiger partial charge in [-0.05, 0) is 25.5 Å². The van der Waals surface area contributed by atoms with E-state index < -0.39 is 12.1 Å². The maximum absolute atomic E-state index is 12.5. The number of rotatable bonds is 3. The first-order chi connectivity index (χ1) is 11.3. The predicted molar refractivity (Wildman–Crippen MR) is 89.0 cm³/mol. The van der Waals surface area contributed by atoms with Crippen LogP contribution in [-0.4, -0.2) is 21.0 Å². The van der Waals surface area contributed by atoms with Gasteiger partial charge in [-0.3, -0.25) is 9.48 Å². The zero-order valence-electron chi connectivity index (χ0n) is 13.5. The van der Waals surface area contributed by atoms with Crippen molar-refractivity contribution in [2.45, 2.75) is 19.9 Å². The van der Waals surface area contributed by atoms with E-state index in [0.29, 0.717) is 27.9 Å². The molecule has 0 aliphatic carbocycles. The highest BCUT2D eigenvalue weighted by Gasteiger charge is 2.17. The number of carboxylic acid groups (broad SMARTS) is 1.